The predicted molar refractivity (Wildman–Crippen MR) is 82.5 cm³/mol. The van der Waals surface area contributed by atoms with E-state index in [0.29, 0.717) is 0 Å². The number of rotatable bonds is 5. The van der Waals surface area contributed by atoms with E-state index in [-0.39, 0.29) is 24.9 Å². The van der Waals surface area contributed by atoms with Crippen molar-refractivity contribution in [3.8, 4) is 0 Å². The van der Waals surface area contributed by atoms with Crippen molar-refractivity contribution in [2.45, 2.75) is 19.4 Å². The van der Waals surface area contributed by atoms with E-state index in [1.54, 1.807) is 6.08 Å². The highest BCUT2D eigenvalue weighted by Gasteiger charge is 2.37. The average molecular weight is 358 g/mol. The van der Waals surface area contributed by atoms with Crippen molar-refractivity contribution >= 4 is 17.7 Å². The van der Waals surface area contributed by atoms with Gasteiger partial charge in [-0.25, -0.2) is 4.79 Å². The van der Waals surface area contributed by atoms with Crippen LogP contribution >= 0.6 is 0 Å². The molecule has 25 heavy (non-hydrogen) atoms. The Morgan fingerprint density at radius 2 is 2.12 bits per heavy atom. The number of hydrogen-bond acceptors (Lipinski definition) is 4. The quantitative estimate of drug-likeness (QED) is 0.822. The van der Waals surface area contributed by atoms with Gasteiger partial charge in [0.25, 0.3) is 12.2 Å². The predicted octanol–water partition coefficient (Wildman–Crippen LogP) is 2.90. The monoisotopic (exact) mass is 358 g/mol. The first-order chi connectivity index (χ1) is 11.7. The highest BCUT2D eigenvalue weighted by Crippen LogP contribution is 2.31. The van der Waals surface area contributed by atoms with E-state index < -0.39 is 30.0 Å². The number of benzene rings is 1. The third-order valence-electron chi connectivity index (χ3n) is 3.51. The maximum atomic E-state index is 12.6. The molecule has 1 aromatic rings. The minimum Gasteiger partial charge on any atom is -0.410 e. The Hall–Kier alpha value is -2.55. The molecule has 0 saturated carbocycles. The van der Waals surface area contributed by atoms with Crippen molar-refractivity contribution in [3.63, 3.8) is 0 Å². The molecule has 0 bridgehead atoms. The average Bonchev–Trinajstić information content (AvgIpc) is 2.92. The lowest BCUT2D eigenvalue weighted by atomic mass is 10.2. The van der Waals surface area contributed by atoms with Crippen LogP contribution in [-0.2, 0) is 20.4 Å². The van der Waals surface area contributed by atoms with Gasteiger partial charge in [0.2, 0.25) is 0 Å². The topological polar surface area (TPSA) is 67.9 Å². The second-order valence-corrected chi connectivity index (χ2v) is 5.44. The van der Waals surface area contributed by atoms with E-state index in [4.69, 9.17) is 9.47 Å². The lowest BCUT2D eigenvalue weighted by Gasteiger charge is -2.15. The summed E-state index contributed by atoms with van der Waals surface area (Å²) in [6.07, 6.45) is -5.09. The van der Waals surface area contributed by atoms with Crippen LogP contribution in [0, 0.1) is 5.92 Å². The van der Waals surface area contributed by atoms with Crippen LogP contribution in [-0.4, -0.2) is 31.6 Å². The van der Waals surface area contributed by atoms with Crippen molar-refractivity contribution in [2.24, 2.45) is 5.92 Å². The molecule has 1 heterocycles. The number of alkyl halides is 3. The largest absolute Gasteiger partial charge is 0.416 e. The van der Waals surface area contributed by atoms with Gasteiger partial charge in [-0.2, -0.15) is 13.2 Å². The number of hydrogen-bond donors (Lipinski definition) is 1. The fraction of sp³-hybridized carbons (Fsp3) is 0.375. The SMILES string of the molecule is C=CC(C)CNC(=O)OC1OCN(c2ccc(C(F)(F)F)cc2)C1=O. The lowest BCUT2D eigenvalue weighted by molar-refractivity contribution is -0.139. The second kappa shape index (κ2) is 7.56. The van der Waals surface area contributed by atoms with Crippen LogP contribution in [0.15, 0.2) is 36.9 Å². The minimum atomic E-state index is -4.46. The molecule has 1 aromatic carbocycles. The van der Waals surface area contributed by atoms with Crippen LogP contribution in [0.4, 0.5) is 23.7 Å². The summed E-state index contributed by atoms with van der Waals surface area (Å²) in [7, 11) is 0. The van der Waals surface area contributed by atoms with Gasteiger partial charge in [0.1, 0.15) is 6.73 Å². The Morgan fingerprint density at radius 3 is 2.68 bits per heavy atom. The number of amides is 2. The van der Waals surface area contributed by atoms with Gasteiger partial charge < -0.3 is 14.8 Å². The zero-order valence-corrected chi connectivity index (χ0v) is 13.4. The van der Waals surface area contributed by atoms with Crippen molar-refractivity contribution in [1.82, 2.24) is 5.32 Å². The van der Waals surface area contributed by atoms with E-state index in [2.05, 4.69) is 11.9 Å². The van der Waals surface area contributed by atoms with Crippen LogP contribution in [0.3, 0.4) is 0 Å². The van der Waals surface area contributed by atoms with E-state index in [9.17, 15) is 22.8 Å². The van der Waals surface area contributed by atoms with Gasteiger partial charge in [-0.05, 0) is 30.2 Å². The molecule has 2 atom stereocenters. The molecule has 2 unspecified atom stereocenters. The van der Waals surface area contributed by atoms with Crippen LogP contribution in [0.25, 0.3) is 0 Å². The summed E-state index contributed by atoms with van der Waals surface area (Å²) in [6, 6.07) is 4.02. The maximum Gasteiger partial charge on any atom is 0.416 e. The highest BCUT2D eigenvalue weighted by molar-refractivity contribution is 5.98. The van der Waals surface area contributed by atoms with E-state index in [1.807, 2.05) is 6.92 Å². The standard InChI is InChI=1S/C16H17F3N2O4/c1-3-10(2)8-20-15(23)25-14-13(22)21(9-24-14)12-6-4-11(5-7-12)16(17,18)19/h3-7,10,14H,1,8-9H2,2H3,(H,20,23). The van der Waals surface area contributed by atoms with Crippen molar-refractivity contribution < 1.29 is 32.2 Å². The molecule has 2 rings (SSSR count). The van der Waals surface area contributed by atoms with Crippen molar-refractivity contribution in [3.05, 3.63) is 42.5 Å². The number of nitrogens with zero attached hydrogens (tertiary/aromatic N) is 1. The summed E-state index contributed by atoms with van der Waals surface area (Å²) >= 11 is 0. The third-order valence-corrected chi connectivity index (χ3v) is 3.51. The summed E-state index contributed by atoms with van der Waals surface area (Å²) in [5.74, 6) is -0.650. The molecule has 136 valence electrons. The van der Waals surface area contributed by atoms with Gasteiger partial charge >= 0.3 is 12.3 Å². The second-order valence-electron chi connectivity index (χ2n) is 5.44. The molecule has 1 fully saturated rings. The molecule has 9 heteroatoms. The normalized spacial score (nSPS) is 18.8. The van der Waals surface area contributed by atoms with Gasteiger partial charge in [0, 0.05) is 12.2 Å². The fourth-order valence-corrected chi connectivity index (χ4v) is 1.99. The number of alkyl carbamates (subject to hydrolysis) is 1. The summed E-state index contributed by atoms with van der Waals surface area (Å²) in [5, 5.41) is 2.45. The van der Waals surface area contributed by atoms with E-state index in [0.717, 1.165) is 29.2 Å². The summed E-state index contributed by atoms with van der Waals surface area (Å²) < 4.78 is 47.6. The summed E-state index contributed by atoms with van der Waals surface area (Å²) in [6.45, 7) is 5.45. The highest BCUT2D eigenvalue weighted by atomic mass is 19.4. The van der Waals surface area contributed by atoms with Gasteiger partial charge in [-0.1, -0.05) is 13.0 Å². The van der Waals surface area contributed by atoms with Crippen LogP contribution < -0.4 is 10.2 Å². The number of halogens is 3. The molecule has 0 spiro atoms. The molecule has 2 amide bonds. The number of carbonyl (C=O) groups is 2. The zero-order valence-electron chi connectivity index (χ0n) is 13.4. The Kier molecular flexibility index (Phi) is 5.68. The molecule has 0 radical (unpaired) electrons. The number of anilines is 1. The lowest BCUT2D eigenvalue weighted by Crippen LogP contribution is -2.36. The van der Waals surface area contributed by atoms with Crippen LogP contribution in [0.1, 0.15) is 12.5 Å². The van der Waals surface area contributed by atoms with Gasteiger partial charge in [0.05, 0.1) is 5.56 Å². The Morgan fingerprint density at radius 1 is 1.48 bits per heavy atom. The molecular formula is C16H17F3N2O4. The molecule has 0 aliphatic carbocycles. The van der Waals surface area contributed by atoms with Crippen LogP contribution in [0.2, 0.25) is 0 Å². The van der Waals surface area contributed by atoms with Crippen LogP contribution in [0.5, 0.6) is 0 Å². The van der Waals surface area contributed by atoms with Crippen molar-refractivity contribution in [1.29, 1.82) is 0 Å². The van der Waals surface area contributed by atoms with Gasteiger partial charge in [-0.3, -0.25) is 9.69 Å². The number of nitrogens with one attached hydrogen (secondary N) is 1. The summed E-state index contributed by atoms with van der Waals surface area (Å²) in [5.41, 5.74) is -0.614. The first kappa shape index (κ1) is 18.8. The Bertz CT molecular complexity index is 646. The molecule has 1 aliphatic heterocycles. The van der Waals surface area contributed by atoms with Gasteiger partial charge in [-0.15, -0.1) is 6.58 Å². The maximum absolute atomic E-state index is 12.6. The smallest absolute Gasteiger partial charge is 0.410 e. The summed E-state index contributed by atoms with van der Waals surface area (Å²) in [4.78, 5) is 24.9. The molecule has 1 saturated heterocycles. The molecule has 1 aliphatic rings. The van der Waals surface area contributed by atoms with E-state index >= 15 is 0 Å². The fourth-order valence-electron chi connectivity index (χ4n) is 1.99. The molecular weight excluding hydrogens is 341 g/mol. The third kappa shape index (κ3) is 4.72. The Labute approximate surface area is 142 Å². The molecule has 6 nitrogen and oxygen atoms in total. The molecule has 1 N–H and O–H groups in total. The van der Waals surface area contributed by atoms with Gasteiger partial charge in [0.15, 0.2) is 0 Å². The first-order valence-corrected chi connectivity index (χ1v) is 7.39. The van der Waals surface area contributed by atoms with E-state index in [1.165, 1.54) is 0 Å². The number of ether oxygens (including phenoxy) is 2. The van der Waals surface area contributed by atoms with Crippen molar-refractivity contribution in [2.75, 3.05) is 18.2 Å². The zero-order chi connectivity index (χ0) is 18.6. The first-order valence-electron chi connectivity index (χ1n) is 7.39. The number of carbonyl (C=O) groups excluding carboxylic acids is 2. The minimum absolute atomic E-state index is 0.0244. The Balaban J connectivity index is 1.95. The molecule has 0 aromatic heterocycles.